The van der Waals surface area contributed by atoms with Gasteiger partial charge in [-0.2, -0.15) is 16.7 Å². The standard InChI is InChI=1S/C15H19N3OS2/c16-15(5-2-1-3-6-15)14-17-13(19-18-14)12-8-10-9-20-7-4-11(10)21-12/h8H,1-7,9,16H2. The van der Waals surface area contributed by atoms with Gasteiger partial charge < -0.3 is 10.3 Å². The molecular formula is C15H19N3OS2. The number of aryl methyl sites for hydroxylation is 1. The first kappa shape index (κ1) is 13.8. The third-order valence-corrected chi connectivity index (χ3v) is 6.69. The van der Waals surface area contributed by atoms with Gasteiger partial charge in [0.15, 0.2) is 5.82 Å². The molecule has 21 heavy (non-hydrogen) atoms. The van der Waals surface area contributed by atoms with Crippen molar-refractivity contribution in [2.75, 3.05) is 5.75 Å². The average molecular weight is 321 g/mol. The Labute approximate surface area is 132 Å². The highest BCUT2D eigenvalue weighted by atomic mass is 32.2. The van der Waals surface area contributed by atoms with E-state index in [2.05, 4.69) is 16.2 Å². The van der Waals surface area contributed by atoms with Gasteiger partial charge in [-0.25, -0.2) is 0 Å². The molecule has 4 nitrogen and oxygen atoms in total. The first-order chi connectivity index (χ1) is 10.2. The predicted octanol–water partition coefficient (Wildman–Crippen LogP) is 3.71. The molecule has 0 amide bonds. The molecular weight excluding hydrogens is 302 g/mol. The minimum absolute atomic E-state index is 0.382. The molecule has 1 aliphatic carbocycles. The van der Waals surface area contributed by atoms with Crippen molar-refractivity contribution in [2.24, 2.45) is 5.73 Å². The number of aromatic nitrogens is 2. The van der Waals surface area contributed by atoms with E-state index in [4.69, 9.17) is 10.3 Å². The van der Waals surface area contributed by atoms with Crippen molar-refractivity contribution in [1.29, 1.82) is 0 Å². The summed E-state index contributed by atoms with van der Waals surface area (Å²) in [5, 5.41) is 4.18. The molecule has 112 valence electrons. The van der Waals surface area contributed by atoms with E-state index >= 15 is 0 Å². The van der Waals surface area contributed by atoms with Gasteiger partial charge in [0.2, 0.25) is 0 Å². The maximum atomic E-state index is 6.48. The Morgan fingerprint density at radius 3 is 2.90 bits per heavy atom. The lowest BCUT2D eigenvalue weighted by Gasteiger charge is -2.29. The third kappa shape index (κ3) is 2.53. The first-order valence-corrected chi connectivity index (χ1v) is 9.54. The van der Waals surface area contributed by atoms with E-state index in [-0.39, 0.29) is 5.54 Å². The van der Waals surface area contributed by atoms with Crippen molar-refractivity contribution in [3.05, 3.63) is 22.3 Å². The van der Waals surface area contributed by atoms with Crippen molar-refractivity contribution >= 4 is 23.1 Å². The lowest BCUT2D eigenvalue weighted by molar-refractivity contribution is 0.275. The summed E-state index contributed by atoms with van der Waals surface area (Å²) in [6.07, 6.45) is 6.66. The van der Waals surface area contributed by atoms with Gasteiger partial charge in [0.05, 0.1) is 10.4 Å². The van der Waals surface area contributed by atoms with Crippen LogP contribution in [0.4, 0.5) is 0 Å². The Kier molecular flexibility index (Phi) is 3.55. The Bertz CT molecular complexity index is 620. The van der Waals surface area contributed by atoms with Crippen LogP contribution < -0.4 is 5.73 Å². The van der Waals surface area contributed by atoms with Gasteiger partial charge in [-0.15, -0.1) is 11.3 Å². The number of thioether (sulfide) groups is 1. The summed E-state index contributed by atoms with van der Waals surface area (Å²) in [6, 6.07) is 2.22. The normalized spacial score (nSPS) is 21.2. The zero-order chi connectivity index (χ0) is 14.3. The fourth-order valence-electron chi connectivity index (χ4n) is 3.18. The van der Waals surface area contributed by atoms with Crippen molar-refractivity contribution in [3.8, 4) is 10.8 Å². The average Bonchev–Trinajstić information content (AvgIpc) is 3.15. The highest BCUT2D eigenvalue weighted by Crippen LogP contribution is 2.38. The number of thiophene rings is 1. The molecule has 0 bridgehead atoms. The van der Waals surface area contributed by atoms with E-state index in [1.165, 1.54) is 22.6 Å². The van der Waals surface area contributed by atoms with Crippen molar-refractivity contribution in [3.63, 3.8) is 0 Å². The van der Waals surface area contributed by atoms with E-state index < -0.39 is 0 Å². The van der Waals surface area contributed by atoms with E-state index in [1.54, 1.807) is 11.3 Å². The Hall–Kier alpha value is -0.850. The Morgan fingerprint density at radius 1 is 1.24 bits per heavy atom. The van der Waals surface area contributed by atoms with Crippen LogP contribution >= 0.6 is 23.1 Å². The summed E-state index contributed by atoms with van der Waals surface area (Å²) in [4.78, 5) is 7.19. The predicted molar refractivity (Wildman–Crippen MR) is 86.4 cm³/mol. The second-order valence-corrected chi connectivity index (χ2v) is 8.24. The van der Waals surface area contributed by atoms with E-state index in [1.807, 2.05) is 11.8 Å². The lowest BCUT2D eigenvalue weighted by atomic mass is 9.82. The van der Waals surface area contributed by atoms with Gasteiger partial charge in [0, 0.05) is 10.6 Å². The molecule has 0 spiro atoms. The molecule has 2 aromatic rings. The molecule has 6 heteroatoms. The molecule has 0 atom stereocenters. The van der Waals surface area contributed by atoms with Gasteiger partial charge in [-0.05, 0) is 36.6 Å². The zero-order valence-electron chi connectivity index (χ0n) is 11.9. The van der Waals surface area contributed by atoms with E-state index in [0.29, 0.717) is 11.7 Å². The molecule has 0 aromatic carbocycles. The molecule has 2 aliphatic rings. The van der Waals surface area contributed by atoms with Crippen LogP contribution in [-0.4, -0.2) is 15.9 Å². The molecule has 4 rings (SSSR count). The third-order valence-electron chi connectivity index (χ3n) is 4.46. The van der Waals surface area contributed by atoms with E-state index in [9.17, 15) is 0 Å². The van der Waals surface area contributed by atoms with Crippen LogP contribution in [0, 0.1) is 0 Å². The van der Waals surface area contributed by atoms with Gasteiger partial charge >= 0.3 is 0 Å². The molecule has 1 fully saturated rings. The van der Waals surface area contributed by atoms with Crippen molar-refractivity contribution in [2.45, 2.75) is 49.8 Å². The second-order valence-electron chi connectivity index (χ2n) is 6.00. The largest absolute Gasteiger partial charge is 0.333 e. The lowest BCUT2D eigenvalue weighted by Crippen LogP contribution is -2.39. The maximum absolute atomic E-state index is 6.48. The summed E-state index contributed by atoms with van der Waals surface area (Å²) >= 11 is 3.79. The summed E-state index contributed by atoms with van der Waals surface area (Å²) < 4.78 is 5.51. The minimum Gasteiger partial charge on any atom is -0.333 e. The molecule has 3 heterocycles. The fourth-order valence-corrected chi connectivity index (χ4v) is 5.48. The van der Waals surface area contributed by atoms with Crippen LogP contribution in [0.3, 0.4) is 0 Å². The molecule has 1 saturated carbocycles. The van der Waals surface area contributed by atoms with E-state index in [0.717, 1.165) is 42.7 Å². The summed E-state index contributed by atoms with van der Waals surface area (Å²) in [5.41, 5.74) is 7.54. The minimum atomic E-state index is -0.382. The quantitative estimate of drug-likeness (QED) is 0.913. The summed E-state index contributed by atoms with van der Waals surface area (Å²) in [6.45, 7) is 0. The number of nitrogens with two attached hydrogens (primary N) is 1. The Morgan fingerprint density at radius 2 is 2.10 bits per heavy atom. The summed E-state index contributed by atoms with van der Waals surface area (Å²) in [5.74, 6) is 3.66. The van der Waals surface area contributed by atoms with Crippen LogP contribution in [0.25, 0.3) is 10.8 Å². The first-order valence-electron chi connectivity index (χ1n) is 7.57. The van der Waals surface area contributed by atoms with Crippen LogP contribution in [0.2, 0.25) is 0 Å². The number of rotatable bonds is 2. The second kappa shape index (κ2) is 5.41. The van der Waals surface area contributed by atoms with Crippen molar-refractivity contribution < 1.29 is 4.52 Å². The smallest absolute Gasteiger partial charge is 0.268 e. The van der Waals surface area contributed by atoms with Crippen LogP contribution in [0.1, 0.15) is 48.4 Å². The van der Waals surface area contributed by atoms with Gasteiger partial charge in [-0.1, -0.05) is 24.4 Å². The van der Waals surface area contributed by atoms with Gasteiger partial charge in [0.1, 0.15) is 0 Å². The van der Waals surface area contributed by atoms with Crippen LogP contribution in [0.15, 0.2) is 10.6 Å². The molecule has 2 aromatic heterocycles. The summed E-state index contributed by atoms with van der Waals surface area (Å²) in [7, 11) is 0. The van der Waals surface area contributed by atoms with Gasteiger partial charge in [0.25, 0.3) is 5.89 Å². The molecule has 0 unspecified atom stereocenters. The maximum Gasteiger partial charge on any atom is 0.268 e. The van der Waals surface area contributed by atoms with Crippen LogP contribution in [0.5, 0.6) is 0 Å². The number of hydrogen-bond donors (Lipinski definition) is 1. The zero-order valence-corrected chi connectivity index (χ0v) is 13.6. The van der Waals surface area contributed by atoms with Crippen LogP contribution in [-0.2, 0) is 17.7 Å². The SMILES string of the molecule is NC1(c2noc(-c3cc4c(s3)CCSC4)n2)CCCCC1. The highest BCUT2D eigenvalue weighted by Gasteiger charge is 2.34. The molecule has 2 N–H and O–H groups in total. The van der Waals surface area contributed by atoms with Gasteiger partial charge in [-0.3, -0.25) is 0 Å². The highest BCUT2D eigenvalue weighted by molar-refractivity contribution is 7.98. The topological polar surface area (TPSA) is 64.9 Å². The fraction of sp³-hybridized carbons (Fsp3) is 0.600. The van der Waals surface area contributed by atoms with Crippen molar-refractivity contribution in [1.82, 2.24) is 10.1 Å². The number of nitrogens with zero attached hydrogens (tertiary/aromatic N) is 2. The molecule has 0 radical (unpaired) electrons. The number of hydrogen-bond acceptors (Lipinski definition) is 6. The molecule has 1 aliphatic heterocycles. The monoisotopic (exact) mass is 321 g/mol. The molecule has 0 saturated heterocycles. The number of fused-ring (bicyclic) bond motifs is 1. The Balaban J connectivity index is 1.63.